The summed E-state index contributed by atoms with van der Waals surface area (Å²) in [5.74, 6) is 0.695. The molecule has 0 amide bonds. The van der Waals surface area contributed by atoms with Crippen LogP contribution in [0.5, 0.6) is 0 Å². The van der Waals surface area contributed by atoms with Crippen molar-refractivity contribution in [2.75, 3.05) is 25.6 Å². The minimum absolute atomic E-state index is 0.0190. The summed E-state index contributed by atoms with van der Waals surface area (Å²) in [6.45, 7) is 7.38. The molecule has 0 aliphatic rings. The second kappa shape index (κ2) is 8.48. The molecular formula is C9H20NO3PS. The third-order valence-corrected chi connectivity index (χ3v) is 3.10. The molecule has 15 heavy (non-hydrogen) atoms. The Kier molecular flexibility index (Phi) is 8.66. The lowest BCUT2D eigenvalue weighted by molar-refractivity contribution is -0.117. The number of ether oxygens (including phenoxy) is 1. The second-order valence-corrected chi connectivity index (χ2v) is 5.56. The molecule has 1 atom stereocenters. The van der Waals surface area contributed by atoms with Gasteiger partial charge in [0.2, 0.25) is 0 Å². The van der Waals surface area contributed by atoms with Gasteiger partial charge in [-0.05, 0) is 0 Å². The quantitative estimate of drug-likeness (QED) is 0.553. The van der Waals surface area contributed by atoms with E-state index in [4.69, 9.17) is 14.8 Å². The summed E-state index contributed by atoms with van der Waals surface area (Å²) in [5, 5.41) is 0.200. The fourth-order valence-corrected chi connectivity index (χ4v) is 1.69. The fourth-order valence-electron chi connectivity index (χ4n) is 0.671. The highest BCUT2D eigenvalue weighted by Crippen LogP contribution is 2.22. The summed E-state index contributed by atoms with van der Waals surface area (Å²) in [7, 11) is 0.0190. The van der Waals surface area contributed by atoms with E-state index >= 15 is 0 Å². The van der Waals surface area contributed by atoms with Gasteiger partial charge in [-0.1, -0.05) is 32.5 Å². The highest BCUT2D eigenvalue weighted by atomic mass is 32.2. The Balaban J connectivity index is 3.28. The maximum atomic E-state index is 11.5. The molecule has 0 spiro atoms. The van der Waals surface area contributed by atoms with Crippen molar-refractivity contribution in [2.45, 2.75) is 20.8 Å². The van der Waals surface area contributed by atoms with E-state index in [9.17, 15) is 4.79 Å². The number of rotatable bonds is 7. The minimum atomic E-state index is -0.269. The first kappa shape index (κ1) is 15.3. The maximum absolute atomic E-state index is 11.5. The molecule has 0 saturated heterocycles. The smallest absolute Gasteiger partial charge is 0.194 e. The minimum Gasteiger partial charge on any atom is -0.378 e. The zero-order valence-electron chi connectivity index (χ0n) is 9.54. The maximum Gasteiger partial charge on any atom is 0.194 e. The zero-order valence-corrected chi connectivity index (χ0v) is 11.4. The molecule has 0 aliphatic carbocycles. The second-order valence-electron chi connectivity index (χ2n) is 3.96. The average Bonchev–Trinajstić information content (AvgIpc) is 2.14. The van der Waals surface area contributed by atoms with E-state index < -0.39 is 0 Å². The molecule has 0 fully saturated rings. The van der Waals surface area contributed by atoms with Crippen LogP contribution in [0.4, 0.5) is 0 Å². The van der Waals surface area contributed by atoms with Crippen molar-refractivity contribution in [1.82, 2.24) is 0 Å². The molecule has 0 radical (unpaired) electrons. The molecule has 0 aromatic carbocycles. The van der Waals surface area contributed by atoms with Crippen LogP contribution in [0.2, 0.25) is 0 Å². The highest BCUT2D eigenvalue weighted by molar-refractivity contribution is 8.13. The van der Waals surface area contributed by atoms with E-state index in [1.807, 2.05) is 20.8 Å². The summed E-state index contributed by atoms with van der Waals surface area (Å²) < 4.78 is 10.2. The molecule has 6 heteroatoms. The molecule has 0 aromatic heterocycles. The van der Waals surface area contributed by atoms with Crippen LogP contribution in [0.1, 0.15) is 20.8 Å². The van der Waals surface area contributed by atoms with Crippen molar-refractivity contribution in [1.29, 1.82) is 0 Å². The summed E-state index contributed by atoms with van der Waals surface area (Å²) in [4.78, 5) is 11.5. The number of carbonyl (C=O) groups is 1. The Hall–Kier alpha value is 0.330. The molecule has 0 aromatic rings. The van der Waals surface area contributed by atoms with Crippen molar-refractivity contribution < 1.29 is 14.1 Å². The van der Waals surface area contributed by atoms with Gasteiger partial charge in [0.15, 0.2) is 5.12 Å². The van der Waals surface area contributed by atoms with E-state index in [1.54, 1.807) is 0 Å². The van der Waals surface area contributed by atoms with Crippen molar-refractivity contribution in [2.24, 2.45) is 10.9 Å². The summed E-state index contributed by atoms with van der Waals surface area (Å²) in [6, 6.07) is 0. The Morgan fingerprint density at radius 3 is 2.53 bits per heavy atom. The van der Waals surface area contributed by atoms with Gasteiger partial charge >= 0.3 is 0 Å². The predicted octanol–water partition coefficient (Wildman–Crippen LogP) is 1.79. The van der Waals surface area contributed by atoms with Crippen molar-refractivity contribution in [3.63, 3.8) is 0 Å². The summed E-state index contributed by atoms with van der Waals surface area (Å²) >= 11 is 1.32. The largest absolute Gasteiger partial charge is 0.378 e. The number of carbonyl (C=O) groups excluding carboxylic acids is 1. The molecule has 0 heterocycles. The van der Waals surface area contributed by atoms with E-state index in [2.05, 4.69) is 0 Å². The number of hydrogen-bond acceptors (Lipinski definition) is 5. The zero-order chi connectivity index (χ0) is 11.7. The van der Waals surface area contributed by atoms with Gasteiger partial charge in [0.05, 0.1) is 28.8 Å². The Morgan fingerprint density at radius 1 is 1.33 bits per heavy atom. The fraction of sp³-hybridized carbons (Fsp3) is 0.889. The molecule has 0 aliphatic heterocycles. The Bertz CT molecular complexity index is 185. The van der Waals surface area contributed by atoms with Gasteiger partial charge in [-0.2, -0.15) is 0 Å². The van der Waals surface area contributed by atoms with Gasteiger partial charge in [0.25, 0.3) is 0 Å². The Labute approximate surface area is 97.6 Å². The monoisotopic (exact) mass is 253 g/mol. The van der Waals surface area contributed by atoms with Crippen LogP contribution < -0.4 is 5.50 Å². The lowest BCUT2D eigenvalue weighted by Gasteiger charge is -2.15. The van der Waals surface area contributed by atoms with E-state index in [0.29, 0.717) is 25.6 Å². The molecule has 4 nitrogen and oxygen atoms in total. The van der Waals surface area contributed by atoms with Gasteiger partial charge in [0.1, 0.15) is 0 Å². The molecule has 1 unspecified atom stereocenters. The molecule has 0 saturated carbocycles. The first-order valence-electron chi connectivity index (χ1n) is 4.81. The van der Waals surface area contributed by atoms with E-state index in [1.165, 1.54) is 11.8 Å². The van der Waals surface area contributed by atoms with Crippen LogP contribution in [0.25, 0.3) is 0 Å². The Morgan fingerprint density at radius 2 is 2.00 bits per heavy atom. The van der Waals surface area contributed by atoms with Crippen LogP contribution in [-0.4, -0.2) is 30.7 Å². The van der Waals surface area contributed by atoms with Gasteiger partial charge in [-0.15, -0.1) is 0 Å². The van der Waals surface area contributed by atoms with Crippen molar-refractivity contribution in [3.05, 3.63) is 0 Å². The van der Waals surface area contributed by atoms with Gasteiger partial charge in [-0.25, -0.2) is 0 Å². The normalized spacial score (nSPS) is 12.5. The van der Waals surface area contributed by atoms with Crippen LogP contribution >= 0.6 is 20.7 Å². The van der Waals surface area contributed by atoms with Crippen molar-refractivity contribution in [3.8, 4) is 0 Å². The molecule has 0 bridgehead atoms. The van der Waals surface area contributed by atoms with Crippen LogP contribution in [0, 0.1) is 5.41 Å². The first-order chi connectivity index (χ1) is 6.98. The SMILES string of the molecule is CC(C)(C)C(=O)SCCOCCOPN. The van der Waals surface area contributed by atoms with Crippen molar-refractivity contribution >= 4 is 25.8 Å². The number of thioether (sulfide) groups is 1. The lowest BCUT2D eigenvalue weighted by Crippen LogP contribution is -2.17. The van der Waals surface area contributed by atoms with Crippen LogP contribution in [0.15, 0.2) is 0 Å². The average molecular weight is 253 g/mol. The van der Waals surface area contributed by atoms with Gasteiger partial charge in [-0.3, -0.25) is 10.3 Å². The standard InChI is InChI=1S/C9H20NO3PS/c1-9(2,3)8(11)15-7-6-12-4-5-13-14-10/h14H,4-7,10H2,1-3H3. The van der Waals surface area contributed by atoms with Gasteiger partial charge in [0, 0.05) is 11.2 Å². The van der Waals surface area contributed by atoms with Crippen LogP contribution in [-0.2, 0) is 14.1 Å². The van der Waals surface area contributed by atoms with E-state index in [0.717, 1.165) is 0 Å². The first-order valence-corrected chi connectivity index (χ1v) is 6.78. The third-order valence-electron chi connectivity index (χ3n) is 1.49. The van der Waals surface area contributed by atoms with Gasteiger partial charge < -0.3 is 9.26 Å². The molecule has 90 valence electrons. The highest BCUT2D eigenvalue weighted by Gasteiger charge is 2.20. The number of hydrogen-bond donors (Lipinski definition) is 1. The topological polar surface area (TPSA) is 61.5 Å². The summed E-state index contributed by atoms with van der Waals surface area (Å²) in [5.41, 5.74) is 4.89. The third kappa shape index (κ3) is 9.27. The molecule has 2 N–H and O–H groups in total. The van der Waals surface area contributed by atoms with E-state index in [-0.39, 0.29) is 19.5 Å². The van der Waals surface area contributed by atoms with Crippen LogP contribution in [0.3, 0.4) is 0 Å². The molecule has 0 rings (SSSR count). The summed E-state index contributed by atoms with van der Waals surface area (Å²) in [6.07, 6.45) is 0. The molecular weight excluding hydrogens is 233 g/mol. The number of nitrogens with two attached hydrogens (primary N) is 1. The predicted molar refractivity (Wildman–Crippen MR) is 66.2 cm³/mol. The lowest BCUT2D eigenvalue weighted by atomic mass is 10.00.